The number of rotatable bonds is 7. The van der Waals surface area contributed by atoms with Gasteiger partial charge in [-0.3, -0.25) is 24.0 Å². The first-order valence-electron chi connectivity index (χ1n) is 11.4. The Hall–Kier alpha value is -4.00. The molecule has 2 aliphatic heterocycles. The number of aryl methyl sites for hydroxylation is 1. The van der Waals surface area contributed by atoms with Gasteiger partial charge in [-0.1, -0.05) is 16.8 Å². The number of ether oxygens (including phenoxy) is 4. The molecule has 0 bridgehead atoms. The molecule has 0 saturated carbocycles. The van der Waals surface area contributed by atoms with Gasteiger partial charge in [0, 0.05) is 40.3 Å². The molecule has 200 valence electrons. The number of fused-ring (bicyclic) bond motifs is 1. The maximum absolute atomic E-state index is 12.9. The number of nitrogens with one attached hydrogen (secondary N) is 1. The van der Waals surface area contributed by atoms with Crippen molar-refractivity contribution in [2.45, 2.75) is 65.3 Å². The molecule has 1 aromatic rings. The molecule has 0 aromatic heterocycles. The van der Waals surface area contributed by atoms with E-state index in [-0.39, 0.29) is 5.71 Å². The minimum atomic E-state index is -1.43. The van der Waals surface area contributed by atoms with E-state index in [1.54, 1.807) is 19.2 Å². The average Bonchev–Trinajstić information content (AvgIpc) is 3.02. The van der Waals surface area contributed by atoms with Crippen LogP contribution in [0.25, 0.3) is 0 Å². The minimum Gasteiger partial charge on any atom is -0.463 e. The van der Waals surface area contributed by atoms with Crippen LogP contribution in [0.1, 0.15) is 38.8 Å². The smallest absolute Gasteiger partial charge is 0.303 e. The van der Waals surface area contributed by atoms with Gasteiger partial charge in [-0.05, 0) is 19.1 Å². The first-order valence-corrected chi connectivity index (χ1v) is 11.4. The molecular weight excluding hydrogens is 490 g/mol. The van der Waals surface area contributed by atoms with E-state index in [4.69, 9.17) is 23.8 Å². The summed E-state index contributed by atoms with van der Waals surface area (Å²) < 4.78 is 21.7. The van der Waals surface area contributed by atoms with Crippen molar-refractivity contribution in [1.82, 2.24) is 5.32 Å². The Morgan fingerprint density at radius 3 is 2.27 bits per heavy atom. The molecule has 0 radical (unpaired) electrons. The van der Waals surface area contributed by atoms with Crippen LogP contribution < -0.4 is 10.2 Å². The van der Waals surface area contributed by atoms with Crippen LogP contribution in [-0.2, 0) is 47.8 Å². The van der Waals surface area contributed by atoms with Crippen LogP contribution in [0, 0.1) is 6.92 Å². The number of esters is 3. The SMILES string of the molecule is CC(=O)N[C@@H]1[C@H](O/N=C2\C(=O)N(C)c3ccc(C)cc32)O[C@H](COC(C)=O)[C@@H](OC(C)=O)[C@H]1OC(C)=O. The summed E-state index contributed by atoms with van der Waals surface area (Å²) in [5, 5.41) is 6.61. The molecule has 2 amide bonds. The first kappa shape index (κ1) is 27.6. The molecule has 37 heavy (non-hydrogen) atoms. The van der Waals surface area contributed by atoms with E-state index in [0.717, 1.165) is 19.4 Å². The van der Waals surface area contributed by atoms with Gasteiger partial charge in [0.25, 0.3) is 12.2 Å². The Morgan fingerprint density at radius 1 is 1.03 bits per heavy atom. The summed E-state index contributed by atoms with van der Waals surface area (Å²) in [5.41, 5.74) is 2.04. The highest BCUT2D eigenvalue weighted by molar-refractivity contribution is 6.54. The summed E-state index contributed by atoms with van der Waals surface area (Å²) in [5.74, 6) is -3.08. The summed E-state index contributed by atoms with van der Waals surface area (Å²) in [7, 11) is 1.59. The lowest BCUT2D eigenvalue weighted by Gasteiger charge is -2.43. The number of likely N-dealkylation sites (N-methyl/N-ethyl adjacent to an activating group) is 1. The fourth-order valence-electron chi connectivity index (χ4n) is 4.09. The fourth-order valence-corrected chi connectivity index (χ4v) is 4.09. The molecule has 13 nitrogen and oxygen atoms in total. The zero-order chi connectivity index (χ0) is 27.4. The Balaban J connectivity index is 2.01. The van der Waals surface area contributed by atoms with Gasteiger partial charge in [0.05, 0.1) is 5.69 Å². The molecule has 1 fully saturated rings. The van der Waals surface area contributed by atoms with Crippen molar-refractivity contribution in [3.8, 4) is 0 Å². The molecule has 2 aliphatic rings. The second-order valence-electron chi connectivity index (χ2n) is 8.65. The second kappa shape index (κ2) is 11.4. The van der Waals surface area contributed by atoms with E-state index in [9.17, 15) is 24.0 Å². The quantitative estimate of drug-likeness (QED) is 0.302. The number of hydrogen-bond acceptors (Lipinski definition) is 11. The summed E-state index contributed by atoms with van der Waals surface area (Å²) in [6, 6.07) is 4.18. The lowest BCUT2D eigenvalue weighted by atomic mass is 9.96. The largest absolute Gasteiger partial charge is 0.463 e. The van der Waals surface area contributed by atoms with Crippen LogP contribution in [0.4, 0.5) is 5.69 Å². The normalized spacial score (nSPS) is 25.8. The van der Waals surface area contributed by atoms with Gasteiger partial charge in [0.2, 0.25) is 5.91 Å². The van der Waals surface area contributed by atoms with Crippen molar-refractivity contribution in [2.24, 2.45) is 5.16 Å². The zero-order valence-corrected chi connectivity index (χ0v) is 21.3. The van der Waals surface area contributed by atoms with E-state index in [1.807, 2.05) is 13.0 Å². The number of anilines is 1. The summed E-state index contributed by atoms with van der Waals surface area (Å²) in [6.45, 7) is 6.13. The van der Waals surface area contributed by atoms with Crippen molar-refractivity contribution in [1.29, 1.82) is 0 Å². The van der Waals surface area contributed by atoms with Crippen LogP contribution in [-0.4, -0.2) is 79.7 Å². The molecule has 3 rings (SSSR count). The zero-order valence-electron chi connectivity index (χ0n) is 21.3. The molecule has 1 saturated heterocycles. The fraction of sp³-hybridized carbons (Fsp3) is 0.500. The second-order valence-corrected chi connectivity index (χ2v) is 8.65. The maximum Gasteiger partial charge on any atom is 0.303 e. The lowest BCUT2D eigenvalue weighted by Crippen LogP contribution is -2.66. The standard InChI is InChI=1S/C24H29N3O10/c1-11-7-8-17-16(9-11)19(23(32)27(17)6)26-37-24-20(25-12(2)28)22(35-15(5)31)21(34-14(4)30)18(36-24)10-33-13(3)29/h7-9,18,20-22,24H,10H2,1-6H3,(H,25,28)/b26-19-/t18-,20+,21-,22+,24+/m1/s1. The Bertz CT molecular complexity index is 1130. The van der Waals surface area contributed by atoms with Crippen LogP contribution in [0.2, 0.25) is 0 Å². The highest BCUT2D eigenvalue weighted by Gasteiger charge is 2.52. The number of amides is 2. The number of hydrogen-bond donors (Lipinski definition) is 1. The minimum absolute atomic E-state index is 0.00550. The molecule has 1 N–H and O–H groups in total. The number of carbonyl (C=O) groups excluding carboxylic acids is 5. The Morgan fingerprint density at radius 2 is 1.68 bits per heavy atom. The van der Waals surface area contributed by atoms with E-state index >= 15 is 0 Å². The van der Waals surface area contributed by atoms with Gasteiger partial charge in [-0.25, -0.2) is 0 Å². The average molecular weight is 520 g/mol. The predicted molar refractivity (Wildman–Crippen MR) is 126 cm³/mol. The topological polar surface area (TPSA) is 159 Å². The van der Waals surface area contributed by atoms with Crippen LogP contribution in [0.5, 0.6) is 0 Å². The van der Waals surface area contributed by atoms with E-state index in [0.29, 0.717) is 11.3 Å². The van der Waals surface area contributed by atoms with Gasteiger partial charge in [0.1, 0.15) is 18.8 Å². The monoisotopic (exact) mass is 519 g/mol. The van der Waals surface area contributed by atoms with Gasteiger partial charge >= 0.3 is 17.9 Å². The van der Waals surface area contributed by atoms with Crippen LogP contribution in [0.3, 0.4) is 0 Å². The van der Waals surface area contributed by atoms with Crippen molar-refractivity contribution in [3.63, 3.8) is 0 Å². The molecule has 0 spiro atoms. The van der Waals surface area contributed by atoms with Crippen LogP contribution >= 0.6 is 0 Å². The third kappa shape index (κ3) is 6.42. The summed E-state index contributed by atoms with van der Waals surface area (Å²) in [6.07, 6.45) is -5.17. The van der Waals surface area contributed by atoms with Gasteiger partial charge in [-0.15, -0.1) is 0 Å². The van der Waals surface area contributed by atoms with Crippen molar-refractivity contribution in [3.05, 3.63) is 29.3 Å². The molecule has 0 unspecified atom stereocenters. The third-order valence-electron chi connectivity index (χ3n) is 5.59. The van der Waals surface area contributed by atoms with Gasteiger partial charge in [-0.2, -0.15) is 0 Å². The van der Waals surface area contributed by atoms with Crippen LogP contribution in [0.15, 0.2) is 23.4 Å². The lowest BCUT2D eigenvalue weighted by molar-refractivity contribution is -0.278. The van der Waals surface area contributed by atoms with E-state index < -0.39 is 67.0 Å². The van der Waals surface area contributed by atoms with Crippen molar-refractivity contribution in [2.75, 3.05) is 18.6 Å². The third-order valence-corrected chi connectivity index (χ3v) is 5.59. The predicted octanol–water partition coefficient (Wildman–Crippen LogP) is 0.348. The van der Waals surface area contributed by atoms with E-state index in [1.165, 1.54) is 18.7 Å². The molecule has 2 heterocycles. The highest BCUT2D eigenvalue weighted by atomic mass is 16.8. The van der Waals surface area contributed by atoms with Gasteiger partial charge in [0.15, 0.2) is 17.9 Å². The molecular formula is C24H29N3O10. The number of carbonyl (C=O) groups is 5. The highest BCUT2D eigenvalue weighted by Crippen LogP contribution is 2.31. The number of nitrogens with zero attached hydrogens (tertiary/aromatic N) is 2. The van der Waals surface area contributed by atoms with Crippen molar-refractivity contribution < 1.29 is 47.8 Å². The van der Waals surface area contributed by atoms with E-state index in [2.05, 4.69) is 10.5 Å². The van der Waals surface area contributed by atoms with Crippen molar-refractivity contribution >= 4 is 41.1 Å². The molecule has 5 atom stereocenters. The number of oxime groups is 1. The summed E-state index contributed by atoms with van der Waals surface area (Å²) >= 11 is 0. The maximum atomic E-state index is 12.9. The Kier molecular flexibility index (Phi) is 8.48. The first-order chi connectivity index (χ1) is 17.4. The summed E-state index contributed by atoms with van der Waals surface area (Å²) in [4.78, 5) is 67.2. The molecule has 0 aliphatic carbocycles. The molecule has 1 aromatic carbocycles. The Labute approximate surface area is 213 Å². The van der Waals surface area contributed by atoms with Gasteiger partial charge < -0.3 is 34.0 Å². The molecule has 13 heteroatoms. The number of benzene rings is 1.